The first-order valence-electron chi connectivity index (χ1n) is 13.0. The van der Waals surface area contributed by atoms with Gasteiger partial charge in [0, 0.05) is 19.6 Å². The molecule has 0 radical (unpaired) electrons. The number of anilines is 1. The van der Waals surface area contributed by atoms with Gasteiger partial charge >= 0.3 is 18.2 Å². The van der Waals surface area contributed by atoms with Crippen LogP contribution in [0.25, 0.3) is 0 Å². The van der Waals surface area contributed by atoms with Crippen molar-refractivity contribution in [3.63, 3.8) is 0 Å². The standard InChI is InChI=1S/C30H33F3N2O5/c1-2-39-27(28(36)37)21-23-14-16-24(17-15-23)40-20-19-35(18-8-11-22-9-4-3-5-10-22)29(38)34-26-13-7-6-12-25(26)30(31,32)33/h3-7,9-10,12-17,27H,2,8,11,18-21H2,1H3,(H,34,38)(H,36,37). The molecule has 0 spiro atoms. The number of rotatable bonds is 14. The van der Waals surface area contributed by atoms with Crippen molar-refractivity contribution in [2.24, 2.45) is 0 Å². The maximum atomic E-state index is 13.4. The van der Waals surface area contributed by atoms with Gasteiger partial charge in [0.15, 0.2) is 6.10 Å². The molecule has 3 aromatic rings. The Hall–Kier alpha value is -4.05. The van der Waals surface area contributed by atoms with Crippen molar-refractivity contribution >= 4 is 17.7 Å². The van der Waals surface area contributed by atoms with Crippen LogP contribution in [0.3, 0.4) is 0 Å². The van der Waals surface area contributed by atoms with Crippen LogP contribution in [0.2, 0.25) is 0 Å². The van der Waals surface area contributed by atoms with Crippen LogP contribution in [0.5, 0.6) is 5.75 Å². The molecule has 0 saturated carbocycles. The van der Waals surface area contributed by atoms with Gasteiger partial charge in [-0.15, -0.1) is 0 Å². The molecule has 3 aromatic carbocycles. The van der Waals surface area contributed by atoms with E-state index in [4.69, 9.17) is 9.47 Å². The van der Waals surface area contributed by atoms with Gasteiger partial charge < -0.3 is 24.8 Å². The first kappa shape index (κ1) is 30.5. The zero-order valence-corrected chi connectivity index (χ0v) is 22.2. The molecule has 0 aliphatic heterocycles. The molecule has 2 N–H and O–H groups in total. The van der Waals surface area contributed by atoms with Crippen LogP contribution in [-0.2, 0) is 28.5 Å². The maximum Gasteiger partial charge on any atom is 0.418 e. The number of carboxylic acids is 1. The molecule has 1 unspecified atom stereocenters. The van der Waals surface area contributed by atoms with Crippen molar-refractivity contribution < 1.29 is 37.3 Å². The molecule has 40 heavy (non-hydrogen) atoms. The van der Waals surface area contributed by atoms with E-state index in [0.29, 0.717) is 25.1 Å². The number of nitrogens with one attached hydrogen (secondary N) is 1. The molecule has 214 valence electrons. The van der Waals surface area contributed by atoms with E-state index in [-0.39, 0.29) is 31.9 Å². The van der Waals surface area contributed by atoms with E-state index in [1.165, 1.54) is 23.1 Å². The lowest BCUT2D eigenvalue weighted by molar-refractivity contribution is -0.150. The summed E-state index contributed by atoms with van der Waals surface area (Å²) >= 11 is 0. The van der Waals surface area contributed by atoms with E-state index in [1.54, 1.807) is 31.2 Å². The normalized spacial score (nSPS) is 12.0. The lowest BCUT2D eigenvalue weighted by Gasteiger charge is -2.24. The molecule has 2 amide bonds. The zero-order valence-electron chi connectivity index (χ0n) is 22.2. The number of aliphatic carboxylic acids is 1. The van der Waals surface area contributed by atoms with Crippen molar-refractivity contribution in [3.05, 3.63) is 95.6 Å². The molecule has 1 atom stereocenters. The Bertz CT molecular complexity index is 1220. The zero-order chi connectivity index (χ0) is 29.0. The van der Waals surface area contributed by atoms with Gasteiger partial charge in [0.05, 0.1) is 17.8 Å². The van der Waals surface area contributed by atoms with Gasteiger partial charge in [0.25, 0.3) is 0 Å². The lowest BCUT2D eigenvalue weighted by atomic mass is 10.1. The molecule has 0 heterocycles. The Morgan fingerprint density at radius 1 is 0.925 bits per heavy atom. The Morgan fingerprint density at radius 3 is 2.25 bits per heavy atom. The second kappa shape index (κ2) is 14.9. The number of nitrogens with zero attached hydrogens (tertiary/aromatic N) is 1. The topological polar surface area (TPSA) is 88.1 Å². The fourth-order valence-electron chi connectivity index (χ4n) is 4.10. The minimum atomic E-state index is -4.61. The number of hydrogen-bond donors (Lipinski definition) is 2. The molecule has 10 heteroatoms. The molecule has 0 aliphatic carbocycles. The van der Waals surface area contributed by atoms with E-state index in [0.717, 1.165) is 17.2 Å². The molecule has 0 aromatic heterocycles. The van der Waals surface area contributed by atoms with Crippen molar-refractivity contribution in [2.45, 2.75) is 38.5 Å². The number of amides is 2. The number of urea groups is 1. The number of carbonyl (C=O) groups is 2. The van der Waals surface area contributed by atoms with Crippen LogP contribution in [0.4, 0.5) is 23.7 Å². The van der Waals surface area contributed by atoms with E-state index < -0.39 is 29.8 Å². The van der Waals surface area contributed by atoms with Gasteiger partial charge in [-0.05, 0) is 55.2 Å². The summed E-state index contributed by atoms with van der Waals surface area (Å²) in [5, 5.41) is 11.7. The Morgan fingerprint density at radius 2 is 1.60 bits per heavy atom. The van der Waals surface area contributed by atoms with Crippen LogP contribution in [-0.4, -0.2) is 54.4 Å². The second-order valence-electron chi connectivity index (χ2n) is 9.03. The van der Waals surface area contributed by atoms with Crippen molar-refractivity contribution in [1.29, 1.82) is 0 Å². The van der Waals surface area contributed by atoms with Gasteiger partial charge in [0.1, 0.15) is 12.4 Å². The van der Waals surface area contributed by atoms with E-state index in [1.807, 2.05) is 30.3 Å². The summed E-state index contributed by atoms with van der Waals surface area (Å²) < 4.78 is 51.3. The summed E-state index contributed by atoms with van der Waals surface area (Å²) in [6, 6.07) is 20.8. The van der Waals surface area contributed by atoms with Gasteiger partial charge in [-0.25, -0.2) is 9.59 Å². The maximum absolute atomic E-state index is 13.4. The molecule has 0 fully saturated rings. The largest absolute Gasteiger partial charge is 0.492 e. The number of para-hydroxylation sites is 1. The van der Waals surface area contributed by atoms with Crippen molar-refractivity contribution in [2.75, 3.05) is 31.6 Å². The minimum Gasteiger partial charge on any atom is -0.492 e. The Balaban J connectivity index is 1.62. The number of alkyl halides is 3. The number of carboxylic acid groups (broad SMARTS) is 1. The molecule has 0 aliphatic rings. The monoisotopic (exact) mass is 558 g/mol. The van der Waals surface area contributed by atoms with Gasteiger partial charge in [-0.3, -0.25) is 0 Å². The average molecular weight is 559 g/mol. The molecular formula is C30H33F3N2O5. The summed E-state index contributed by atoms with van der Waals surface area (Å²) in [5.41, 5.74) is 0.629. The van der Waals surface area contributed by atoms with Gasteiger partial charge in [0.2, 0.25) is 0 Å². The predicted molar refractivity (Wildman–Crippen MR) is 145 cm³/mol. The summed E-state index contributed by atoms with van der Waals surface area (Å²) in [7, 11) is 0. The van der Waals surface area contributed by atoms with Crippen LogP contribution < -0.4 is 10.1 Å². The fraction of sp³-hybridized carbons (Fsp3) is 0.333. The quantitative estimate of drug-likeness (QED) is 0.243. The highest BCUT2D eigenvalue weighted by molar-refractivity contribution is 5.90. The number of halogens is 3. The van der Waals surface area contributed by atoms with E-state index >= 15 is 0 Å². The minimum absolute atomic E-state index is 0.107. The first-order valence-corrected chi connectivity index (χ1v) is 13.0. The van der Waals surface area contributed by atoms with Crippen molar-refractivity contribution in [3.8, 4) is 5.75 Å². The van der Waals surface area contributed by atoms with Crippen molar-refractivity contribution in [1.82, 2.24) is 4.90 Å². The van der Waals surface area contributed by atoms with Crippen LogP contribution >= 0.6 is 0 Å². The Labute approximate surface area is 231 Å². The summed E-state index contributed by atoms with van der Waals surface area (Å²) in [6.07, 6.45) is -4.03. The lowest BCUT2D eigenvalue weighted by Crippen LogP contribution is -2.39. The van der Waals surface area contributed by atoms with Crippen LogP contribution in [0.15, 0.2) is 78.9 Å². The van der Waals surface area contributed by atoms with Crippen LogP contribution in [0.1, 0.15) is 30.0 Å². The predicted octanol–water partition coefficient (Wildman–Crippen LogP) is 6.28. The summed E-state index contributed by atoms with van der Waals surface area (Å²) in [5.74, 6) is -0.523. The number of carbonyl (C=O) groups excluding carboxylic acids is 1. The smallest absolute Gasteiger partial charge is 0.418 e. The second-order valence-corrected chi connectivity index (χ2v) is 9.03. The van der Waals surface area contributed by atoms with E-state index in [9.17, 15) is 27.9 Å². The number of ether oxygens (including phenoxy) is 2. The number of benzene rings is 3. The molecule has 0 bridgehead atoms. The van der Waals surface area contributed by atoms with E-state index in [2.05, 4.69) is 5.32 Å². The molecule has 3 rings (SSSR count). The summed E-state index contributed by atoms with van der Waals surface area (Å²) in [6.45, 7) is 2.57. The highest BCUT2D eigenvalue weighted by Gasteiger charge is 2.34. The first-order chi connectivity index (χ1) is 19.2. The third-order valence-electron chi connectivity index (χ3n) is 6.12. The number of aryl methyl sites for hydroxylation is 1. The highest BCUT2D eigenvalue weighted by atomic mass is 19.4. The highest BCUT2D eigenvalue weighted by Crippen LogP contribution is 2.34. The van der Waals surface area contributed by atoms with Crippen LogP contribution in [0, 0.1) is 0 Å². The SMILES string of the molecule is CCOC(Cc1ccc(OCCN(CCCc2ccccc2)C(=O)Nc2ccccc2C(F)(F)F)cc1)C(=O)O. The molecule has 0 saturated heterocycles. The average Bonchev–Trinajstić information content (AvgIpc) is 2.93. The van der Waals surface area contributed by atoms with Gasteiger partial charge in [-0.1, -0.05) is 54.6 Å². The van der Waals surface area contributed by atoms with Gasteiger partial charge in [-0.2, -0.15) is 13.2 Å². The number of hydrogen-bond acceptors (Lipinski definition) is 4. The third kappa shape index (κ3) is 9.60. The fourth-order valence-corrected chi connectivity index (χ4v) is 4.10. The molecular weight excluding hydrogens is 525 g/mol. The summed E-state index contributed by atoms with van der Waals surface area (Å²) in [4.78, 5) is 25.8. The Kier molecular flexibility index (Phi) is 11.4. The third-order valence-corrected chi connectivity index (χ3v) is 6.12. The molecule has 7 nitrogen and oxygen atoms in total.